The molecule has 13 heavy (non-hydrogen) atoms. The van der Waals surface area contributed by atoms with Gasteiger partial charge in [0.1, 0.15) is 17.4 Å². The van der Waals surface area contributed by atoms with Gasteiger partial charge in [0.15, 0.2) is 0 Å². The maximum atomic E-state index is 13.1. The van der Waals surface area contributed by atoms with E-state index in [2.05, 4.69) is 0 Å². The van der Waals surface area contributed by atoms with E-state index in [1.54, 1.807) is 0 Å². The summed E-state index contributed by atoms with van der Waals surface area (Å²) in [5, 5.41) is 0. The van der Waals surface area contributed by atoms with E-state index in [1.165, 1.54) is 0 Å². The zero-order chi connectivity index (χ0) is 9.42. The Kier molecular flexibility index (Phi) is 1.87. The van der Waals surface area contributed by atoms with E-state index in [-0.39, 0.29) is 11.3 Å². The summed E-state index contributed by atoms with van der Waals surface area (Å²) in [6.45, 7) is 0. The highest BCUT2D eigenvalue weighted by molar-refractivity contribution is 5.91. The molecule has 0 unspecified atom stereocenters. The lowest BCUT2D eigenvalue weighted by atomic mass is 9.78. The Balaban J connectivity index is 2.38. The normalized spacial score (nSPS) is 21.4. The van der Waals surface area contributed by atoms with Crippen LogP contribution in [0.15, 0.2) is 18.2 Å². The van der Waals surface area contributed by atoms with E-state index in [9.17, 15) is 13.6 Å². The van der Waals surface area contributed by atoms with Gasteiger partial charge >= 0.3 is 0 Å². The van der Waals surface area contributed by atoms with Gasteiger partial charge in [-0.15, -0.1) is 0 Å². The number of carbonyl (C=O) groups excluding carboxylic acids is 1. The Morgan fingerprint density at radius 2 is 2.08 bits per heavy atom. The molecule has 1 fully saturated rings. The molecule has 1 aliphatic rings. The third-order valence-electron chi connectivity index (χ3n) is 2.40. The Bertz CT molecular complexity index is 360. The molecule has 0 amide bonds. The van der Waals surface area contributed by atoms with Crippen molar-refractivity contribution >= 4 is 5.78 Å². The number of hydrogen-bond acceptors (Lipinski definition) is 1. The molecule has 1 aromatic carbocycles. The van der Waals surface area contributed by atoms with E-state index < -0.39 is 17.6 Å². The molecular weight excluding hydrogens is 174 g/mol. The summed E-state index contributed by atoms with van der Waals surface area (Å²) in [5.41, 5.74) is 0.205. The van der Waals surface area contributed by atoms with Crippen LogP contribution in [0, 0.1) is 11.6 Å². The van der Waals surface area contributed by atoms with E-state index >= 15 is 0 Å². The SMILES string of the molecule is O=C1CC[C@@H]1c1cc(F)ccc1F. The first-order valence-corrected chi connectivity index (χ1v) is 4.16. The molecule has 0 bridgehead atoms. The largest absolute Gasteiger partial charge is 0.299 e. The molecule has 0 radical (unpaired) electrons. The molecule has 1 aliphatic carbocycles. The lowest BCUT2D eigenvalue weighted by Gasteiger charge is -2.24. The molecule has 1 nitrogen and oxygen atoms in total. The van der Waals surface area contributed by atoms with E-state index in [1.807, 2.05) is 0 Å². The third-order valence-corrected chi connectivity index (χ3v) is 2.40. The van der Waals surface area contributed by atoms with Crippen LogP contribution < -0.4 is 0 Å². The van der Waals surface area contributed by atoms with Gasteiger partial charge in [0.05, 0.1) is 0 Å². The lowest BCUT2D eigenvalue weighted by molar-refractivity contribution is -0.125. The first-order chi connectivity index (χ1) is 6.18. The maximum absolute atomic E-state index is 13.1. The van der Waals surface area contributed by atoms with E-state index in [4.69, 9.17) is 0 Å². The second kappa shape index (κ2) is 2.91. The number of rotatable bonds is 1. The standard InChI is InChI=1S/C10H8F2O/c11-6-1-3-9(12)8(5-6)7-2-4-10(7)13/h1,3,5,7H,2,4H2/t7-/m1/s1. The molecule has 0 aliphatic heterocycles. The molecule has 1 saturated carbocycles. The summed E-state index contributed by atoms with van der Waals surface area (Å²) in [6.07, 6.45) is 1.12. The van der Waals surface area contributed by atoms with Crippen molar-refractivity contribution in [2.75, 3.05) is 0 Å². The smallest absolute Gasteiger partial charge is 0.140 e. The van der Waals surface area contributed by atoms with Crippen LogP contribution >= 0.6 is 0 Å². The van der Waals surface area contributed by atoms with E-state index in [0.717, 1.165) is 18.2 Å². The number of hydrogen-bond donors (Lipinski definition) is 0. The fourth-order valence-corrected chi connectivity index (χ4v) is 1.52. The first-order valence-electron chi connectivity index (χ1n) is 4.16. The number of Topliss-reactive ketones (excluding diaryl/α,β-unsaturated/α-hetero) is 1. The van der Waals surface area contributed by atoms with Crippen molar-refractivity contribution in [3.8, 4) is 0 Å². The quantitative estimate of drug-likeness (QED) is 0.651. The lowest BCUT2D eigenvalue weighted by Crippen LogP contribution is -2.24. The van der Waals surface area contributed by atoms with Gasteiger partial charge in [-0.3, -0.25) is 4.79 Å². The zero-order valence-corrected chi connectivity index (χ0v) is 6.89. The molecule has 0 aromatic heterocycles. The highest BCUT2D eigenvalue weighted by atomic mass is 19.1. The highest BCUT2D eigenvalue weighted by Gasteiger charge is 2.31. The van der Waals surface area contributed by atoms with Gasteiger partial charge in [-0.2, -0.15) is 0 Å². The molecular formula is C10H8F2O. The Morgan fingerprint density at radius 1 is 1.31 bits per heavy atom. The number of carbonyl (C=O) groups is 1. The van der Waals surface area contributed by atoms with Gasteiger partial charge in [0.2, 0.25) is 0 Å². The minimum absolute atomic E-state index is 0.00417. The molecule has 0 N–H and O–H groups in total. The van der Waals surface area contributed by atoms with Crippen LogP contribution in [0.5, 0.6) is 0 Å². The maximum Gasteiger partial charge on any atom is 0.140 e. The molecule has 0 saturated heterocycles. The van der Waals surface area contributed by atoms with Gasteiger partial charge in [-0.25, -0.2) is 8.78 Å². The summed E-state index contributed by atoms with van der Waals surface area (Å²) < 4.78 is 25.8. The second-order valence-electron chi connectivity index (χ2n) is 3.22. The summed E-state index contributed by atoms with van der Waals surface area (Å²) in [4.78, 5) is 11.0. The van der Waals surface area contributed by atoms with Crippen LogP contribution in [0.3, 0.4) is 0 Å². The predicted octanol–water partition coefficient (Wildman–Crippen LogP) is 2.41. The molecule has 0 heterocycles. The minimum Gasteiger partial charge on any atom is -0.299 e. The van der Waals surface area contributed by atoms with Crippen LogP contribution in [0.4, 0.5) is 8.78 Å². The predicted molar refractivity (Wildman–Crippen MR) is 43.3 cm³/mol. The zero-order valence-electron chi connectivity index (χ0n) is 6.89. The Hall–Kier alpha value is -1.25. The summed E-state index contributed by atoms with van der Waals surface area (Å²) in [6, 6.07) is 3.23. The average Bonchev–Trinajstić information content (AvgIpc) is 2.09. The van der Waals surface area contributed by atoms with Gasteiger partial charge < -0.3 is 0 Å². The number of ketones is 1. The van der Waals surface area contributed by atoms with Gasteiger partial charge in [-0.1, -0.05) is 0 Å². The summed E-state index contributed by atoms with van der Waals surface area (Å²) >= 11 is 0. The van der Waals surface area contributed by atoms with Crippen molar-refractivity contribution < 1.29 is 13.6 Å². The van der Waals surface area contributed by atoms with Crippen molar-refractivity contribution in [2.24, 2.45) is 0 Å². The van der Waals surface area contributed by atoms with E-state index in [0.29, 0.717) is 12.8 Å². The molecule has 3 heteroatoms. The topological polar surface area (TPSA) is 17.1 Å². The van der Waals surface area contributed by atoms with Crippen LogP contribution in [0.2, 0.25) is 0 Å². The van der Waals surface area contributed by atoms with Crippen molar-refractivity contribution in [1.82, 2.24) is 0 Å². The van der Waals surface area contributed by atoms with Crippen molar-refractivity contribution in [3.05, 3.63) is 35.4 Å². The fraction of sp³-hybridized carbons (Fsp3) is 0.300. The van der Waals surface area contributed by atoms with Gasteiger partial charge in [-0.05, 0) is 24.6 Å². The van der Waals surface area contributed by atoms with Crippen molar-refractivity contribution in [2.45, 2.75) is 18.8 Å². The van der Waals surface area contributed by atoms with Crippen molar-refractivity contribution in [3.63, 3.8) is 0 Å². The monoisotopic (exact) mass is 182 g/mol. The number of benzene rings is 1. The minimum atomic E-state index is -0.490. The van der Waals surface area contributed by atoms with Crippen LogP contribution in [0.25, 0.3) is 0 Å². The summed E-state index contributed by atoms with van der Waals surface area (Å²) in [5.74, 6) is -1.38. The Morgan fingerprint density at radius 3 is 2.62 bits per heavy atom. The molecule has 0 spiro atoms. The van der Waals surface area contributed by atoms with Crippen LogP contribution in [-0.2, 0) is 4.79 Å². The summed E-state index contributed by atoms with van der Waals surface area (Å²) in [7, 11) is 0. The van der Waals surface area contributed by atoms with Crippen LogP contribution in [-0.4, -0.2) is 5.78 Å². The van der Waals surface area contributed by atoms with Gasteiger partial charge in [0.25, 0.3) is 0 Å². The Labute approximate surface area is 74.4 Å². The highest BCUT2D eigenvalue weighted by Crippen LogP contribution is 2.34. The molecule has 1 atom stereocenters. The molecule has 1 aromatic rings. The van der Waals surface area contributed by atoms with Crippen molar-refractivity contribution in [1.29, 1.82) is 0 Å². The van der Waals surface area contributed by atoms with Gasteiger partial charge in [0, 0.05) is 17.9 Å². The molecule has 2 rings (SSSR count). The average molecular weight is 182 g/mol. The number of halogens is 2. The molecule has 68 valence electrons. The first kappa shape index (κ1) is 8.35. The fourth-order valence-electron chi connectivity index (χ4n) is 1.52. The second-order valence-corrected chi connectivity index (χ2v) is 3.22. The van der Waals surface area contributed by atoms with Crippen LogP contribution in [0.1, 0.15) is 24.3 Å². The third kappa shape index (κ3) is 1.34.